The molecule has 3 nitrogen and oxygen atoms in total. The maximum atomic E-state index is 12.5. The molecule has 1 heterocycles. The summed E-state index contributed by atoms with van der Waals surface area (Å²) in [5, 5.41) is 0. The molecule has 0 aromatic heterocycles. The summed E-state index contributed by atoms with van der Waals surface area (Å²) in [6, 6.07) is 22.0. The van der Waals surface area contributed by atoms with E-state index in [9.17, 15) is 4.79 Å². The third-order valence-electron chi connectivity index (χ3n) is 11.0. The molecule has 3 heteroatoms. The van der Waals surface area contributed by atoms with Crippen LogP contribution in [-0.4, -0.2) is 30.0 Å². The Morgan fingerprint density at radius 2 is 1.43 bits per heavy atom. The number of benzene rings is 2. The van der Waals surface area contributed by atoms with E-state index in [1.165, 1.54) is 49.7 Å². The molecule has 35 heavy (non-hydrogen) atoms. The molecule has 0 N–H and O–H groups in total. The zero-order valence-corrected chi connectivity index (χ0v) is 21.7. The molecule has 0 bridgehead atoms. The van der Waals surface area contributed by atoms with Crippen LogP contribution in [0.3, 0.4) is 0 Å². The predicted molar refractivity (Wildman–Crippen MR) is 140 cm³/mol. The molecule has 3 aliphatic carbocycles. The lowest BCUT2D eigenvalue weighted by Crippen LogP contribution is -2.61. The minimum Gasteiger partial charge on any atom is -0.365 e. The van der Waals surface area contributed by atoms with Crippen molar-refractivity contribution in [3.8, 4) is 0 Å². The molecule has 0 spiro atoms. The third-order valence-corrected chi connectivity index (χ3v) is 11.0. The monoisotopic (exact) mass is 471 g/mol. The van der Waals surface area contributed by atoms with Gasteiger partial charge in [-0.05, 0) is 84.7 Å². The Hall–Kier alpha value is -2.13. The molecule has 0 radical (unpaired) electrons. The number of carbonyl (C=O) groups is 1. The summed E-state index contributed by atoms with van der Waals surface area (Å²) in [4.78, 5) is 14.6. The summed E-state index contributed by atoms with van der Waals surface area (Å²) >= 11 is 0. The molecule has 1 aliphatic heterocycles. The first-order valence-corrected chi connectivity index (χ1v) is 13.9. The van der Waals surface area contributed by atoms with E-state index in [-0.39, 0.29) is 16.9 Å². The molecule has 7 atom stereocenters. The van der Waals surface area contributed by atoms with Gasteiger partial charge >= 0.3 is 0 Å². The number of hydrogen-bond acceptors (Lipinski definition) is 2. The van der Waals surface area contributed by atoms with Crippen LogP contribution in [0.25, 0.3) is 0 Å². The number of ether oxygens (including phenoxy) is 1. The van der Waals surface area contributed by atoms with E-state index in [2.05, 4.69) is 86.5 Å². The van der Waals surface area contributed by atoms with Crippen molar-refractivity contribution in [2.24, 2.45) is 28.6 Å². The van der Waals surface area contributed by atoms with Crippen LogP contribution < -0.4 is 0 Å². The van der Waals surface area contributed by atoms with Crippen molar-refractivity contribution in [1.82, 2.24) is 4.90 Å². The summed E-state index contributed by atoms with van der Waals surface area (Å²) in [5.41, 5.74) is 3.02. The topological polar surface area (TPSA) is 29.5 Å². The van der Waals surface area contributed by atoms with Crippen molar-refractivity contribution in [3.05, 3.63) is 71.8 Å². The highest BCUT2D eigenvalue weighted by molar-refractivity contribution is 5.77. The van der Waals surface area contributed by atoms with E-state index in [1.807, 2.05) is 0 Å². The quantitative estimate of drug-likeness (QED) is 0.479. The van der Waals surface area contributed by atoms with Crippen LogP contribution in [-0.2, 0) is 9.53 Å². The number of nitrogens with zero attached hydrogens (tertiary/aromatic N) is 1. The number of carbonyl (C=O) groups excluding carboxylic acids is 1. The fraction of sp³-hybridized carbons (Fsp3) is 0.594. The van der Waals surface area contributed by atoms with Crippen LogP contribution in [0.15, 0.2) is 60.7 Å². The number of hydrogen-bond donors (Lipinski definition) is 0. The van der Waals surface area contributed by atoms with E-state index in [0.29, 0.717) is 18.1 Å². The fourth-order valence-electron chi connectivity index (χ4n) is 9.10. The van der Waals surface area contributed by atoms with E-state index in [0.717, 1.165) is 30.6 Å². The molecule has 186 valence electrons. The van der Waals surface area contributed by atoms with Gasteiger partial charge in [0.15, 0.2) is 0 Å². The Kier molecular flexibility index (Phi) is 5.83. The molecular formula is C32H41NO2. The van der Waals surface area contributed by atoms with E-state index in [1.54, 1.807) is 0 Å². The summed E-state index contributed by atoms with van der Waals surface area (Å²) < 4.78 is 7.15. The standard InChI is InChI=1S/C32H41NO2/c1-31-21-19-29(34)33(3)27(31)16-14-24-25-15-17-28(32(25,2)20-18-26(24)31)35-30(22-10-6-4-7-11-22)23-12-8-5-9-13-23/h4-13,24-28,30H,14-21H2,1-3H3/t24-,25-,26+,27?,28?,31+,32-/m0/s1. The van der Waals surface area contributed by atoms with Gasteiger partial charge in [-0.15, -0.1) is 0 Å². The van der Waals surface area contributed by atoms with Crippen LogP contribution in [0, 0.1) is 28.6 Å². The van der Waals surface area contributed by atoms with Gasteiger partial charge in [0.1, 0.15) is 6.10 Å². The molecular weight excluding hydrogens is 430 g/mol. The molecule has 3 saturated carbocycles. The number of piperidine rings is 1. The lowest BCUT2D eigenvalue weighted by molar-refractivity contribution is -0.163. The average Bonchev–Trinajstić information content (AvgIpc) is 3.22. The number of likely N-dealkylation sites (tertiary alicyclic amines) is 1. The minimum atomic E-state index is -0.0121. The molecule has 2 aromatic carbocycles. The summed E-state index contributed by atoms with van der Waals surface area (Å²) in [5.74, 6) is 2.61. The van der Waals surface area contributed by atoms with E-state index < -0.39 is 0 Å². The van der Waals surface area contributed by atoms with Gasteiger partial charge < -0.3 is 9.64 Å². The second kappa shape index (κ2) is 8.76. The van der Waals surface area contributed by atoms with Gasteiger partial charge in [0.25, 0.3) is 0 Å². The molecule has 4 aliphatic rings. The van der Waals surface area contributed by atoms with Crippen molar-refractivity contribution in [2.45, 2.75) is 83.5 Å². The first-order valence-electron chi connectivity index (χ1n) is 13.9. The highest BCUT2D eigenvalue weighted by atomic mass is 16.5. The molecule has 1 amide bonds. The Morgan fingerprint density at radius 1 is 0.800 bits per heavy atom. The maximum absolute atomic E-state index is 12.5. The zero-order chi connectivity index (χ0) is 24.2. The van der Waals surface area contributed by atoms with Gasteiger partial charge in [0, 0.05) is 19.5 Å². The predicted octanol–water partition coefficient (Wildman–Crippen LogP) is 7.02. The highest BCUT2D eigenvalue weighted by Gasteiger charge is 2.61. The highest BCUT2D eigenvalue weighted by Crippen LogP contribution is 2.65. The zero-order valence-electron chi connectivity index (χ0n) is 21.7. The van der Waals surface area contributed by atoms with Gasteiger partial charge in [-0.2, -0.15) is 0 Å². The summed E-state index contributed by atoms with van der Waals surface area (Å²) in [6.45, 7) is 5.06. The Balaban J connectivity index is 1.26. The minimum absolute atomic E-state index is 0.0121. The van der Waals surface area contributed by atoms with Crippen molar-refractivity contribution in [1.29, 1.82) is 0 Å². The fourth-order valence-corrected chi connectivity index (χ4v) is 9.10. The van der Waals surface area contributed by atoms with Crippen molar-refractivity contribution < 1.29 is 9.53 Å². The van der Waals surface area contributed by atoms with Gasteiger partial charge in [0.05, 0.1) is 6.10 Å². The van der Waals surface area contributed by atoms with Crippen LogP contribution >= 0.6 is 0 Å². The first-order chi connectivity index (χ1) is 16.9. The van der Waals surface area contributed by atoms with Crippen molar-refractivity contribution in [2.75, 3.05) is 7.05 Å². The number of fused-ring (bicyclic) bond motifs is 5. The molecule has 1 saturated heterocycles. The largest absolute Gasteiger partial charge is 0.365 e. The Labute approximate surface area is 211 Å². The molecule has 6 rings (SSSR count). The van der Waals surface area contributed by atoms with Crippen molar-refractivity contribution in [3.63, 3.8) is 0 Å². The maximum Gasteiger partial charge on any atom is 0.222 e. The second-order valence-corrected chi connectivity index (χ2v) is 12.4. The average molecular weight is 472 g/mol. The third kappa shape index (κ3) is 3.68. The Bertz CT molecular complexity index is 1010. The normalized spacial score (nSPS) is 38.7. The van der Waals surface area contributed by atoms with E-state index in [4.69, 9.17) is 4.74 Å². The SMILES string of the molecule is CN1C(=O)CC[C@@]2(C)C1CC[C@@H]1[C@H]2CC[C@]2(C)C(OC(c3ccccc3)c3ccccc3)CC[C@@H]12. The van der Waals surface area contributed by atoms with Crippen LogP contribution in [0.2, 0.25) is 0 Å². The van der Waals surface area contributed by atoms with E-state index >= 15 is 0 Å². The van der Waals surface area contributed by atoms with Gasteiger partial charge in [-0.25, -0.2) is 0 Å². The van der Waals surface area contributed by atoms with Gasteiger partial charge in [-0.1, -0.05) is 74.5 Å². The number of amides is 1. The lowest BCUT2D eigenvalue weighted by atomic mass is 9.47. The first kappa shape index (κ1) is 23.3. The molecule has 2 unspecified atom stereocenters. The van der Waals surface area contributed by atoms with Gasteiger partial charge in [-0.3, -0.25) is 4.79 Å². The molecule has 2 aromatic rings. The van der Waals surface area contributed by atoms with Crippen LogP contribution in [0.5, 0.6) is 0 Å². The smallest absolute Gasteiger partial charge is 0.222 e. The molecule has 4 fully saturated rings. The van der Waals surface area contributed by atoms with Gasteiger partial charge in [0.2, 0.25) is 5.91 Å². The van der Waals surface area contributed by atoms with Crippen LogP contribution in [0.4, 0.5) is 0 Å². The lowest BCUT2D eigenvalue weighted by Gasteiger charge is -2.61. The number of rotatable bonds is 4. The van der Waals surface area contributed by atoms with Crippen LogP contribution in [0.1, 0.15) is 82.4 Å². The second-order valence-electron chi connectivity index (χ2n) is 12.4. The summed E-state index contributed by atoms with van der Waals surface area (Å²) in [7, 11) is 2.06. The Morgan fingerprint density at radius 3 is 2.09 bits per heavy atom. The van der Waals surface area contributed by atoms with Crippen molar-refractivity contribution >= 4 is 5.91 Å². The summed E-state index contributed by atoms with van der Waals surface area (Å²) in [6.07, 6.45) is 9.53.